The van der Waals surface area contributed by atoms with Crippen molar-refractivity contribution in [2.24, 2.45) is 0 Å². The molecule has 0 spiro atoms. The predicted octanol–water partition coefficient (Wildman–Crippen LogP) is 6.11. The number of furan rings is 1. The Kier molecular flexibility index (Phi) is 5.26. The molecule has 0 fully saturated rings. The lowest BCUT2D eigenvalue weighted by atomic mass is 10.1. The first-order valence-corrected chi connectivity index (χ1v) is 12.7. The third-order valence-corrected chi connectivity index (χ3v) is 7.19. The molecule has 0 atom stereocenters. The summed E-state index contributed by atoms with van der Waals surface area (Å²) in [6.45, 7) is 0.383. The molecular formula is C28H21N5O4S. The highest BCUT2D eigenvalue weighted by Gasteiger charge is 2.17. The number of hydrogen-bond acceptors (Lipinski definition) is 8. The van der Waals surface area contributed by atoms with Crippen LogP contribution in [0.5, 0.6) is 16.7 Å². The van der Waals surface area contributed by atoms with E-state index in [9.17, 15) is 0 Å². The SMILES string of the molecule is COc1cc(OCc2cccc(-c3ccc4nccn4c3)c2)c2cc(-c3cn4nc(OC)sc4n3)oc2c1. The average Bonchev–Trinajstić information content (AvgIpc) is 3.73. The van der Waals surface area contributed by atoms with Gasteiger partial charge in [0.05, 0.1) is 25.8 Å². The topological polar surface area (TPSA) is 88.3 Å². The van der Waals surface area contributed by atoms with E-state index in [-0.39, 0.29) is 0 Å². The maximum Gasteiger partial charge on any atom is 0.294 e. The number of imidazole rings is 2. The fraction of sp³-hybridized carbons (Fsp3) is 0.107. The summed E-state index contributed by atoms with van der Waals surface area (Å²) < 4.78 is 26.9. The Morgan fingerprint density at radius 1 is 0.974 bits per heavy atom. The van der Waals surface area contributed by atoms with E-state index in [1.165, 1.54) is 11.3 Å². The maximum absolute atomic E-state index is 6.31. The van der Waals surface area contributed by atoms with Crippen LogP contribution in [0, 0.1) is 0 Å². The van der Waals surface area contributed by atoms with Gasteiger partial charge < -0.3 is 23.0 Å². The van der Waals surface area contributed by atoms with Crippen LogP contribution >= 0.6 is 11.3 Å². The van der Waals surface area contributed by atoms with Crippen LogP contribution in [0.3, 0.4) is 0 Å². The molecule has 38 heavy (non-hydrogen) atoms. The third kappa shape index (κ3) is 3.91. The first kappa shape index (κ1) is 22.4. The summed E-state index contributed by atoms with van der Waals surface area (Å²) in [6, 6.07) is 18.1. The van der Waals surface area contributed by atoms with Gasteiger partial charge in [0.1, 0.15) is 35.0 Å². The maximum atomic E-state index is 6.31. The lowest BCUT2D eigenvalue weighted by Gasteiger charge is -2.10. The number of aromatic nitrogens is 5. The third-order valence-electron chi connectivity index (χ3n) is 6.30. The van der Waals surface area contributed by atoms with Gasteiger partial charge in [-0.05, 0) is 52.3 Å². The first-order valence-electron chi connectivity index (χ1n) is 11.8. The summed E-state index contributed by atoms with van der Waals surface area (Å²) in [5.41, 5.74) is 5.50. The molecule has 0 saturated carbocycles. The Balaban J connectivity index is 1.19. The number of rotatable bonds is 7. The summed E-state index contributed by atoms with van der Waals surface area (Å²) in [5, 5.41) is 5.73. The Hall–Kier alpha value is -4.83. The Morgan fingerprint density at radius 2 is 1.92 bits per heavy atom. The second-order valence-electron chi connectivity index (χ2n) is 8.67. The molecule has 0 amide bonds. The molecule has 0 aliphatic carbocycles. The fourth-order valence-corrected chi connectivity index (χ4v) is 5.12. The summed E-state index contributed by atoms with van der Waals surface area (Å²) >= 11 is 1.36. The van der Waals surface area contributed by atoms with E-state index in [1.54, 1.807) is 24.9 Å². The van der Waals surface area contributed by atoms with Crippen molar-refractivity contribution in [3.05, 3.63) is 84.9 Å². The van der Waals surface area contributed by atoms with Crippen molar-refractivity contribution in [2.45, 2.75) is 6.61 Å². The van der Waals surface area contributed by atoms with Gasteiger partial charge in [-0.1, -0.05) is 18.2 Å². The van der Waals surface area contributed by atoms with Gasteiger partial charge in [0, 0.05) is 30.7 Å². The van der Waals surface area contributed by atoms with Crippen molar-refractivity contribution in [1.29, 1.82) is 0 Å². The highest BCUT2D eigenvalue weighted by atomic mass is 32.1. The minimum absolute atomic E-state index is 0.383. The van der Waals surface area contributed by atoms with Gasteiger partial charge in [-0.15, -0.1) is 5.10 Å². The molecular weight excluding hydrogens is 502 g/mol. The highest BCUT2D eigenvalue weighted by Crippen LogP contribution is 2.37. The Labute approximate surface area is 220 Å². The molecule has 0 aliphatic rings. The van der Waals surface area contributed by atoms with Crippen LogP contribution in [0.4, 0.5) is 0 Å². The van der Waals surface area contributed by atoms with Crippen LogP contribution in [0.25, 0.3) is 44.2 Å². The van der Waals surface area contributed by atoms with Crippen molar-refractivity contribution < 1.29 is 18.6 Å². The summed E-state index contributed by atoms with van der Waals surface area (Å²) in [5.74, 6) is 1.93. The molecule has 0 unspecified atom stereocenters. The van der Waals surface area contributed by atoms with Crippen LogP contribution in [-0.2, 0) is 6.61 Å². The molecule has 0 N–H and O–H groups in total. The molecule has 5 heterocycles. The standard InChI is InChI=1S/C28H21N5O4S/c1-34-20-11-23(21-13-25(37-24(21)12-20)22-15-33-27(30-22)38-28(31-33)35-2)36-16-17-4-3-5-18(10-17)19-6-7-26-29-8-9-32(26)14-19/h3-15H,16H2,1-2H3. The van der Waals surface area contributed by atoms with Crippen LogP contribution in [-0.4, -0.2) is 38.2 Å². The molecule has 9 nitrogen and oxygen atoms in total. The minimum atomic E-state index is 0.383. The second-order valence-corrected chi connectivity index (χ2v) is 9.59. The first-order chi connectivity index (χ1) is 18.7. The van der Waals surface area contributed by atoms with Gasteiger partial charge in [0.25, 0.3) is 5.19 Å². The Morgan fingerprint density at radius 3 is 2.79 bits per heavy atom. The normalized spacial score (nSPS) is 11.5. The number of pyridine rings is 1. The van der Waals surface area contributed by atoms with Crippen LogP contribution in [0.15, 0.2) is 83.8 Å². The van der Waals surface area contributed by atoms with Gasteiger partial charge in [-0.25, -0.2) is 14.5 Å². The summed E-state index contributed by atoms with van der Waals surface area (Å²) in [7, 11) is 3.21. The van der Waals surface area contributed by atoms with Crippen LogP contribution in [0.2, 0.25) is 0 Å². The largest absolute Gasteiger partial charge is 0.496 e. The predicted molar refractivity (Wildman–Crippen MR) is 144 cm³/mol. The molecule has 188 valence electrons. The number of hydrogen-bond donors (Lipinski definition) is 0. The molecule has 5 aromatic heterocycles. The van der Waals surface area contributed by atoms with Gasteiger partial charge in [0.2, 0.25) is 4.96 Å². The second kappa shape index (κ2) is 8.93. The molecule has 2 aromatic carbocycles. The molecule has 0 aliphatic heterocycles. The van der Waals surface area contributed by atoms with Crippen molar-refractivity contribution >= 4 is 32.9 Å². The molecule has 0 radical (unpaired) electrons. The van der Waals surface area contributed by atoms with Crippen LogP contribution in [0.1, 0.15) is 5.56 Å². The monoisotopic (exact) mass is 523 g/mol. The number of nitrogens with zero attached hydrogens (tertiary/aromatic N) is 5. The minimum Gasteiger partial charge on any atom is -0.496 e. The van der Waals surface area contributed by atoms with Crippen molar-refractivity contribution in [1.82, 2.24) is 24.0 Å². The van der Waals surface area contributed by atoms with Gasteiger partial charge >= 0.3 is 0 Å². The summed E-state index contributed by atoms with van der Waals surface area (Å²) in [4.78, 5) is 9.68. The fourth-order valence-electron chi connectivity index (χ4n) is 4.42. The molecule has 10 heteroatoms. The zero-order valence-electron chi connectivity index (χ0n) is 20.5. The zero-order valence-corrected chi connectivity index (χ0v) is 21.3. The van der Waals surface area contributed by atoms with E-state index in [1.807, 2.05) is 47.1 Å². The van der Waals surface area contributed by atoms with E-state index in [2.05, 4.69) is 45.5 Å². The van der Waals surface area contributed by atoms with E-state index < -0.39 is 0 Å². The Bertz CT molecular complexity index is 1900. The molecule has 7 rings (SSSR count). The van der Waals surface area contributed by atoms with Crippen molar-refractivity contribution in [2.75, 3.05) is 14.2 Å². The van der Waals surface area contributed by atoms with Gasteiger partial charge in [-0.2, -0.15) is 0 Å². The molecule has 7 aromatic rings. The molecule has 0 saturated heterocycles. The number of fused-ring (bicyclic) bond motifs is 3. The van der Waals surface area contributed by atoms with Crippen molar-refractivity contribution in [3.63, 3.8) is 0 Å². The van der Waals surface area contributed by atoms with Crippen LogP contribution < -0.4 is 14.2 Å². The van der Waals surface area contributed by atoms with E-state index in [0.717, 1.165) is 32.7 Å². The smallest absolute Gasteiger partial charge is 0.294 e. The zero-order chi connectivity index (χ0) is 25.6. The quantitative estimate of drug-likeness (QED) is 0.249. The summed E-state index contributed by atoms with van der Waals surface area (Å²) in [6.07, 6.45) is 7.63. The number of methoxy groups -OCH3 is 2. The highest BCUT2D eigenvalue weighted by molar-refractivity contribution is 7.18. The lowest BCUT2D eigenvalue weighted by molar-refractivity contribution is 0.307. The number of ether oxygens (including phenoxy) is 3. The van der Waals surface area contributed by atoms with Gasteiger partial charge in [-0.3, -0.25) is 0 Å². The van der Waals surface area contributed by atoms with E-state index in [0.29, 0.717) is 40.3 Å². The van der Waals surface area contributed by atoms with E-state index in [4.69, 9.17) is 18.6 Å². The van der Waals surface area contributed by atoms with E-state index >= 15 is 0 Å². The van der Waals surface area contributed by atoms with Crippen molar-refractivity contribution in [3.8, 4) is 39.3 Å². The molecule has 0 bridgehead atoms. The number of benzene rings is 2. The lowest BCUT2D eigenvalue weighted by Crippen LogP contribution is -1.97. The average molecular weight is 524 g/mol. The van der Waals surface area contributed by atoms with Gasteiger partial charge in [0.15, 0.2) is 5.76 Å².